The Bertz CT molecular complexity index is 677. The van der Waals surface area contributed by atoms with Crippen molar-refractivity contribution in [1.29, 1.82) is 0 Å². The zero-order valence-electron chi connectivity index (χ0n) is 13.3. The molecule has 0 saturated carbocycles. The highest BCUT2D eigenvalue weighted by molar-refractivity contribution is 7.15. The summed E-state index contributed by atoms with van der Waals surface area (Å²) in [5.41, 5.74) is 9.12. The lowest BCUT2D eigenvalue weighted by Crippen LogP contribution is -2.11. The summed E-state index contributed by atoms with van der Waals surface area (Å²) in [5, 5.41) is 2.34. The van der Waals surface area contributed by atoms with Crippen molar-refractivity contribution in [2.24, 2.45) is 5.92 Å². The van der Waals surface area contributed by atoms with Crippen LogP contribution in [-0.4, -0.2) is 19.7 Å². The van der Waals surface area contributed by atoms with Crippen LogP contribution in [0.25, 0.3) is 11.1 Å². The number of anilines is 1. The van der Waals surface area contributed by atoms with Gasteiger partial charge in [0, 0.05) is 16.5 Å². The molecule has 0 aliphatic rings. The van der Waals surface area contributed by atoms with Gasteiger partial charge >= 0.3 is 5.97 Å². The largest absolute Gasteiger partial charge is 0.496 e. The number of rotatable bonds is 5. The third kappa shape index (κ3) is 3.42. The summed E-state index contributed by atoms with van der Waals surface area (Å²) in [6.07, 6.45) is 0. The zero-order valence-corrected chi connectivity index (χ0v) is 14.1. The number of carbonyl (C=O) groups excluding carboxylic acids is 1. The standard InChI is InChI=1S/C17H21NO3S/c1-10(2)8-21-17(19)15-13(9-22-16(15)18)12-7-11(3)5-6-14(12)20-4/h5-7,9-10H,8,18H2,1-4H3. The maximum absolute atomic E-state index is 12.4. The SMILES string of the molecule is COc1ccc(C)cc1-c1csc(N)c1C(=O)OCC(C)C. The Morgan fingerprint density at radius 2 is 2.05 bits per heavy atom. The molecule has 118 valence electrons. The summed E-state index contributed by atoms with van der Waals surface area (Å²) in [5.74, 6) is 0.605. The van der Waals surface area contributed by atoms with Crippen molar-refractivity contribution in [1.82, 2.24) is 0 Å². The van der Waals surface area contributed by atoms with Crippen LogP contribution in [0.3, 0.4) is 0 Å². The number of ether oxygens (including phenoxy) is 2. The lowest BCUT2D eigenvalue weighted by molar-refractivity contribution is 0.0461. The second kappa shape index (κ2) is 6.83. The molecule has 2 N–H and O–H groups in total. The van der Waals surface area contributed by atoms with E-state index in [1.165, 1.54) is 11.3 Å². The van der Waals surface area contributed by atoms with Crippen LogP contribution < -0.4 is 10.5 Å². The highest BCUT2D eigenvalue weighted by atomic mass is 32.1. The maximum atomic E-state index is 12.4. The third-order valence-corrected chi connectivity index (χ3v) is 4.03. The minimum atomic E-state index is -0.383. The average Bonchev–Trinajstić information content (AvgIpc) is 2.86. The molecule has 0 radical (unpaired) electrons. The predicted octanol–water partition coefficient (Wildman–Crippen LogP) is 4.13. The summed E-state index contributed by atoms with van der Waals surface area (Å²) in [6.45, 7) is 6.36. The highest BCUT2D eigenvalue weighted by Crippen LogP contribution is 2.39. The average molecular weight is 319 g/mol. The second-order valence-electron chi connectivity index (χ2n) is 5.58. The molecule has 1 aromatic carbocycles. The summed E-state index contributed by atoms with van der Waals surface area (Å²) >= 11 is 1.33. The van der Waals surface area contributed by atoms with Crippen LogP contribution in [-0.2, 0) is 4.74 Å². The highest BCUT2D eigenvalue weighted by Gasteiger charge is 2.22. The number of nitrogen functional groups attached to an aromatic ring is 1. The lowest BCUT2D eigenvalue weighted by Gasteiger charge is -2.12. The maximum Gasteiger partial charge on any atom is 0.341 e. The van der Waals surface area contributed by atoms with E-state index in [0.29, 0.717) is 22.9 Å². The van der Waals surface area contributed by atoms with E-state index in [1.807, 2.05) is 44.4 Å². The molecule has 0 fully saturated rings. The number of benzene rings is 1. The predicted molar refractivity (Wildman–Crippen MR) is 90.6 cm³/mol. The molecule has 0 atom stereocenters. The lowest BCUT2D eigenvalue weighted by atomic mass is 10.0. The first kappa shape index (κ1) is 16.4. The fourth-order valence-corrected chi connectivity index (χ4v) is 2.93. The topological polar surface area (TPSA) is 61.5 Å². The monoisotopic (exact) mass is 319 g/mol. The molecule has 0 spiro atoms. The first-order valence-corrected chi connectivity index (χ1v) is 8.01. The number of hydrogen-bond donors (Lipinski definition) is 1. The fourth-order valence-electron chi connectivity index (χ4n) is 2.13. The molecular weight excluding hydrogens is 298 g/mol. The Hall–Kier alpha value is -2.01. The van der Waals surface area contributed by atoms with Crippen LogP contribution in [0.4, 0.5) is 5.00 Å². The molecule has 1 heterocycles. The minimum Gasteiger partial charge on any atom is -0.496 e. The van der Waals surface area contributed by atoms with E-state index in [0.717, 1.165) is 16.7 Å². The number of hydrogen-bond acceptors (Lipinski definition) is 5. The third-order valence-electron chi connectivity index (χ3n) is 3.22. The van der Waals surface area contributed by atoms with Gasteiger partial charge in [0.05, 0.1) is 13.7 Å². The minimum absolute atomic E-state index is 0.278. The molecule has 2 aromatic rings. The van der Waals surface area contributed by atoms with Crippen molar-refractivity contribution < 1.29 is 14.3 Å². The molecule has 5 heteroatoms. The van der Waals surface area contributed by atoms with Crippen LogP contribution in [0.5, 0.6) is 5.75 Å². The molecule has 2 rings (SSSR count). The van der Waals surface area contributed by atoms with Crippen molar-refractivity contribution in [2.75, 3.05) is 19.5 Å². The molecule has 22 heavy (non-hydrogen) atoms. The number of aryl methyl sites for hydroxylation is 1. The van der Waals surface area contributed by atoms with Gasteiger partial charge in [-0.2, -0.15) is 0 Å². The Morgan fingerprint density at radius 1 is 1.32 bits per heavy atom. The molecule has 0 aliphatic heterocycles. The fraction of sp³-hybridized carbons (Fsp3) is 0.353. The van der Waals surface area contributed by atoms with Crippen molar-refractivity contribution in [2.45, 2.75) is 20.8 Å². The van der Waals surface area contributed by atoms with Gasteiger partial charge in [0.2, 0.25) is 0 Å². The summed E-state index contributed by atoms with van der Waals surface area (Å²) in [6, 6.07) is 5.84. The van der Waals surface area contributed by atoms with E-state index in [4.69, 9.17) is 15.2 Å². The Labute approximate surface area is 134 Å². The van der Waals surface area contributed by atoms with Crippen LogP contribution in [0.2, 0.25) is 0 Å². The molecule has 4 nitrogen and oxygen atoms in total. The van der Waals surface area contributed by atoms with Gasteiger partial charge in [-0.25, -0.2) is 4.79 Å². The Kier molecular flexibility index (Phi) is 5.08. The van der Waals surface area contributed by atoms with Crippen molar-refractivity contribution in [3.63, 3.8) is 0 Å². The normalized spacial score (nSPS) is 10.8. The van der Waals surface area contributed by atoms with Crippen LogP contribution >= 0.6 is 11.3 Å². The van der Waals surface area contributed by atoms with Crippen molar-refractivity contribution >= 4 is 22.3 Å². The van der Waals surface area contributed by atoms with E-state index in [9.17, 15) is 4.79 Å². The molecule has 0 bridgehead atoms. The van der Waals surface area contributed by atoms with Gasteiger partial charge in [0.1, 0.15) is 16.3 Å². The van der Waals surface area contributed by atoms with Gasteiger partial charge in [-0.3, -0.25) is 0 Å². The molecule has 0 aliphatic carbocycles. The first-order chi connectivity index (χ1) is 10.4. The summed E-state index contributed by atoms with van der Waals surface area (Å²) in [7, 11) is 1.61. The van der Waals surface area contributed by atoms with E-state index in [-0.39, 0.29) is 11.9 Å². The number of carbonyl (C=O) groups is 1. The summed E-state index contributed by atoms with van der Waals surface area (Å²) < 4.78 is 10.8. The quantitative estimate of drug-likeness (QED) is 0.842. The van der Waals surface area contributed by atoms with E-state index >= 15 is 0 Å². The number of methoxy groups -OCH3 is 1. The Balaban J connectivity index is 2.45. The summed E-state index contributed by atoms with van der Waals surface area (Å²) in [4.78, 5) is 12.4. The van der Waals surface area contributed by atoms with Crippen molar-refractivity contribution in [3.8, 4) is 16.9 Å². The number of nitrogens with two attached hydrogens (primary N) is 1. The van der Waals surface area contributed by atoms with Crippen LogP contribution in [0.1, 0.15) is 29.8 Å². The molecule has 1 aromatic heterocycles. The molecule has 0 amide bonds. The second-order valence-corrected chi connectivity index (χ2v) is 6.50. The van der Waals surface area contributed by atoms with Crippen LogP contribution in [0.15, 0.2) is 23.6 Å². The molecular formula is C17H21NO3S. The van der Waals surface area contributed by atoms with Gasteiger partial charge in [-0.15, -0.1) is 11.3 Å². The van der Waals surface area contributed by atoms with E-state index in [1.54, 1.807) is 7.11 Å². The van der Waals surface area contributed by atoms with Gasteiger partial charge < -0.3 is 15.2 Å². The van der Waals surface area contributed by atoms with E-state index in [2.05, 4.69) is 0 Å². The molecule has 0 saturated heterocycles. The van der Waals surface area contributed by atoms with Gasteiger partial charge in [-0.05, 0) is 25.0 Å². The van der Waals surface area contributed by atoms with Gasteiger partial charge in [0.15, 0.2) is 0 Å². The molecule has 0 unspecified atom stereocenters. The first-order valence-electron chi connectivity index (χ1n) is 7.13. The smallest absolute Gasteiger partial charge is 0.341 e. The van der Waals surface area contributed by atoms with Crippen molar-refractivity contribution in [3.05, 3.63) is 34.7 Å². The van der Waals surface area contributed by atoms with Crippen LogP contribution in [0, 0.1) is 12.8 Å². The number of esters is 1. The van der Waals surface area contributed by atoms with Gasteiger partial charge in [-0.1, -0.05) is 25.5 Å². The van der Waals surface area contributed by atoms with E-state index < -0.39 is 0 Å². The van der Waals surface area contributed by atoms with Gasteiger partial charge in [0.25, 0.3) is 0 Å². The Morgan fingerprint density at radius 3 is 2.68 bits per heavy atom. The zero-order chi connectivity index (χ0) is 16.3. The number of thiophene rings is 1.